The number of hydrogen-bond donors (Lipinski definition) is 0. The van der Waals surface area contributed by atoms with E-state index in [9.17, 15) is 0 Å². The van der Waals surface area contributed by atoms with Crippen molar-refractivity contribution < 1.29 is 13.9 Å². The molecule has 0 bridgehead atoms. The van der Waals surface area contributed by atoms with E-state index in [-0.39, 0.29) is 6.29 Å². The molecule has 4 rings (SSSR count). The van der Waals surface area contributed by atoms with Gasteiger partial charge in [0, 0.05) is 30.3 Å². The molecule has 1 fully saturated rings. The molecule has 0 radical (unpaired) electrons. The van der Waals surface area contributed by atoms with Gasteiger partial charge < -0.3 is 18.5 Å². The summed E-state index contributed by atoms with van der Waals surface area (Å²) in [7, 11) is 0. The lowest BCUT2D eigenvalue weighted by atomic mass is 10.1. The van der Waals surface area contributed by atoms with Crippen molar-refractivity contribution in [2.75, 3.05) is 13.2 Å². The molecule has 0 unspecified atom stereocenters. The molecule has 0 aliphatic carbocycles. The molecule has 0 amide bonds. The molecule has 6 nitrogen and oxygen atoms in total. The third-order valence-corrected chi connectivity index (χ3v) is 4.36. The number of para-hydroxylation sites is 1. The second-order valence-corrected chi connectivity index (χ2v) is 6.80. The summed E-state index contributed by atoms with van der Waals surface area (Å²) in [6.45, 7) is 6.40. The maximum absolute atomic E-state index is 5.92. The Kier molecular flexibility index (Phi) is 4.55. The molecule has 0 saturated carbocycles. The Morgan fingerprint density at radius 3 is 2.76 bits per heavy atom. The second kappa shape index (κ2) is 6.98. The van der Waals surface area contributed by atoms with Gasteiger partial charge in [-0.2, -0.15) is 0 Å². The van der Waals surface area contributed by atoms with Gasteiger partial charge in [-0.15, -0.1) is 10.2 Å². The fraction of sp³-hybridized carbons (Fsp3) is 0.474. The number of aryl methyl sites for hydroxylation is 1. The highest BCUT2D eigenvalue weighted by molar-refractivity contribution is 5.85. The van der Waals surface area contributed by atoms with Crippen molar-refractivity contribution in [1.82, 2.24) is 14.8 Å². The predicted octanol–water partition coefficient (Wildman–Crippen LogP) is 3.65. The van der Waals surface area contributed by atoms with E-state index < -0.39 is 0 Å². The van der Waals surface area contributed by atoms with E-state index >= 15 is 0 Å². The molecule has 1 aliphatic heterocycles. The van der Waals surface area contributed by atoms with Crippen LogP contribution in [-0.4, -0.2) is 34.3 Å². The van der Waals surface area contributed by atoms with Crippen molar-refractivity contribution in [3.05, 3.63) is 36.2 Å². The van der Waals surface area contributed by atoms with Crippen molar-refractivity contribution in [2.24, 2.45) is 5.92 Å². The minimum absolute atomic E-state index is 0.131. The first-order chi connectivity index (χ1) is 12.2. The second-order valence-electron chi connectivity index (χ2n) is 6.80. The summed E-state index contributed by atoms with van der Waals surface area (Å²) in [5.41, 5.74) is 2.10. The van der Waals surface area contributed by atoms with Crippen LogP contribution in [0.3, 0.4) is 0 Å². The molecule has 0 atom stereocenters. The lowest BCUT2D eigenvalue weighted by Gasteiger charge is -2.12. The van der Waals surface area contributed by atoms with Gasteiger partial charge in [-0.25, -0.2) is 0 Å². The summed E-state index contributed by atoms with van der Waals surface area (Å²) in [4.78, 5) is 0. The quantitative estimate of drug-likeness (QED) is 0.685. The first-order valence-electron chi connectivity index (χ1n) is 8.85. The van der Waals surface area contributed by atoms with Crippen molar-refractivity contribution in [3.63, 3.8) is 0 Å². The minimum atomic E-state index is -0.131. The number of aromatic nitrogens is 3. The molecule has 0 spiro atoms. The molecule has 0 N–H and O–H groups in total. The van der Waals surface area contributed by atoms with Crippen LogP contribution in [0.5, 0.6) is 0 Å². The highest BCUT2D eigenvalue weighted by Gasteiger charge is 2.20. The Morgan fingerprint density at radius 2 is 1.96 bits per heavy atom. The number of ether oxygens (including phenoxy) is 2. The predicted molar refractivity (Wildman–Crippen MR) is 94.1 cm³/mol. The maximum Gasteiger partial charge on any atom is 0.264 e. The molecule has 2 aromatic heterocycles. The zero-order chi connectivity index (χ0) is 17.2. The van der Waals surface area contributed by atoms with Crippen LogP contribution in [0.25, 0.3) is 22.5 Å². The van der Waals surface area contributed by atoms with E-state index in [1.54, 1.807) is 0 Å². The Balaban J connectivity index is 1.66. The van der Waals surface area contributed by atoms with Gasteiger partial charge in [0.25, 0.3) is 5.89 Å². The lowest BCUT2D eigenvalue weighted by molar-refractivity contribution is -0.0488. The summed E-state index contributed by atoms with van der Waals surface area (Å²) in [6.07, 6.45) is 1.45. The van der Waals surface area contributed by atoms with Crippen LogP contribution in [0, 0.1) is 5.92 Å². The first kappa shape index (κ1) is 16.3. The van der Waals surface area contributed by atoms with E-state index in [1.807, 2.05) is 12.1 Å². The van der Waals surface area contributed by atoms with Gasteiger partial charge in [0.15, 0.2) is 6.29 Å². The molecule has 25 heavy (non-hydrogen) atoms. The number of hydrogen-bond acceptors (Lipinski definition) is 5. The zero-order valence-corrected chi connectivity index (χ0v) is 14.6. The number of fused-ring (bicyclic) bond motifs is 1. The van der Waals surface area contributed by atoms with Gasteiger partial charge in [-0.1, -0.05) is 32.0 Å². The maximum atomic E-state index is 5.92. The van der Waals surface area contributed by atoms with Gasteiger partial charge in [0.1, 0.15) is 5.69 Å². The average Bonchev–Trinajstić information content (AvgIpc) is 3.32. The Hall–Kier alpha value is -2.18. The van der Waals surface area contributed by atoms with E-state index in [2.05, 4.69) is 46.8 Å². The van der Waals surface area contributed by atoms with E-state index in [0.717, 1.165) is 36.0 Å². The fourth-order valence-corrected chi connectivity index (χ4v) is 3.23. The lowest BCUT2D eigenvalue weighted by Crippen LogP contribution is -2.12. The molecular formula is C19H23N3O3. The van der Waals surface area contributed by atoms with Crippen molar-refractivity contribution >= 4 is 10.9 Å². The van der Waals surface area contributed by atoms with E-state index in [0.29, 0.717) is 30.9 Å². The summed E-state index contributed by atoms with van der Waals surface area (Å²) in [5.74, 6) is 1.74. The smallest absolute Gasteiger partial charge is 0.264 e. The Labute approximate surface area is 146 Å². The standard InChI is InChI=1S/C19H23N3O3/c1-13(2)11-17-20-21-19(25-17)16-12-14-5-3-4-6-15(14)22(16)8-7-18-23-9-10-24-18/h3-6,12-13,18H,7-11H2,1-2H3. The Bertz CT molecular complexity index is 847. The molecule has 1 saturated heterocycles. The van der Waals surface area contributed by atoms with Gasteiger partial charge >= 0.3 is 0 Å². The third kappa shape index (κ3) is 3.45. The normalized spacial score (nSPS) is 15.6. The van der Waals surface area contributed by atoms with Gasteiger partial charge in [-0.3, -0.25) is 0 Å². The zero-order valence-electron chi connectivity index (χ0n) is 14.6. The third-order valence-electron chi connectivity index (χ3n) is 4.36. The van der Waals surface area contributed by atoms with Crippen LogP contribution in [0.4, 0.5) is 0 Å². The number of rotatable bonds is 6. The largest absolute Gasteiger partial charge is 0.419 e. The summed E-state index contributed by atoms with van der Waals surface area (Å²) < 4.78 is 19.3. The molecule has 132 valence electrons. The molecule has 3 aromatic rings. The molecular weight excluding hydrogens is 318 g/mol. The molecule has 3 heterocycles. The summed E-state index contributed by atoms with van der Waals surface area (Å²) >= 11 is 0. The van der Waals surface area contributed by atoms with Crippen LogP contribution in [0.1, 0.15) is 26.2 Å². The van der Waals surface area contributed by atoms with Crippen LogP contribution >= 0.6 is 0 Å². The van der Waals surface area contributed by atoms with Gasteiger partial charge in [0.2, 0.25) is 5.89 Å². The summed E-state index contributed by atoms with van der Waals surface area (Å²) in [6, 6.07) is 10.4. The molecule has 6 heteroatoms. The highest BCUT2D eigenvalue weighted by Crippen LogP contribution is 2.28. The van der Waals surface area contributed by atoms with E-state index in [1.165, 1.54) is 0 Å². The van der Waals surface area contributed by atoms with Crippen molar-refractivity contribution in [3.8, 4) is 11.6 Å². The van der Waals surface area contributed by atoms with E-state index in [4.69, 9.17) is 13.9 Å². The average molecular weight is 341 g/mol. The highest BCUT2D eigenvalue weighted by atomic mass is 16.7. The Morgan fingerprint density at radius 1 is 1.16 bits per heavy atom. The fourth-order valence-electron chi connectivity index (χ4n) is 3.23. The molecule has 1 aromatic carbocycles. The van der Waals surface area contributed by atoms with Crippen LogP contribution in [0.2, 0.25) is 0 Å². The van der Waals surface area contributed by atoms with Crippen LogP contribution in [0.15, 0.2) is 34.7 Å². The monoisotopic (exact) mass is 341 g/mol. The SMILES string of the molecule is CC(C)Cc1nnc(-c2cc3ccccc3n2CCC2OCCO2)o1. The minimum Gasteiger partial charge on any atom is -0.419 e. The van der Waals surface area contributed by atoms with Crippen molar-refractivity contribution in [2.45, 2.75) is 39.5 Å². The summed E-state index contributed by atoms with van der Waals surface area (Å²) in [5, 5.41) is 9.64. The number of benzene rings is 1. The topological polar surface area (TPSA) is 62.3 Å². The van der Waals surface area contributed by atoms with Crippen LogP contribution < -0.4 is 0 Å². The number of nitrogens with zero attached hydrogens (tertiary/aromatic N) is 3. The molecule has 1 aliphatic rings. The van der Waals surface area contributed by atoms with Gasteiger partial charge in [-0.05, 0) is 18.1 Å². The van der Waals surface area contributed by atoms with Crippen molar-refractivity contribution in [1.29, 1.82) is 0 Å². The van der Waals surface area contributed by atoms with Gasteiger partial charge in [0.05, 0.1) is 13.2 Å². The first-order valence-corrected chi connectivity index (χ1v) is 8.85. The van der Waals surface area contributed by atoms with Crippen LogP contribution in [-0.2, 0) is 22.4 Å².